The van der Waals surface area contributed by atoms with E-state index in [4.69, 9.17) is 5.73 Å². The van der Waals surface area contributed by atoms with Crippen molar-refractivity contribution in [2.24, 2.45) is 10.7 Å². The molecular weight excluding hydrogens is 425 g/mol. The molecule has 0 aliphatic carbocycles. The zero-order valence-corrected chi connectivity index (χ0v) is 17.8. The number of aliphatic imine (C=N–C) groups is 1. The number of guanidine groups is 1. The van der Waals surface area contributed by atoms with Crippen LogP contribution < -0.4 is 11.1 Å². The van der Waals surface area contributed by atoms with Crippen LogP contribution in [0.1, 0.15) is 31.7 Å². The van der Waals surface area contributed by atoms with E-state index in [1.165, 1.54) is 44.7 Å². The van der Waals surface area contributed by atoms with E-state index >= 15 is 0 Å². The first-order chi connectivity index (χ1) is 11.8. The Bertz CT molecular complexity index is 472. The van der Waals surface area contributed by atoms with E-state index in [-0.39, 0.29) is 24.0 Å². The van der Waals surface area contributed by atoms with Crippen molar-refractivity contribution >= 4 is 29.9 Å². The van der Waals surface area contributed by atoms with Crippen LogP contribution in [0.15, 0.2) is 35.3 Å². The molecule has 1 aromatic rings. The van der Waals surface area contributed by atoms with Crippen LogP contribution >= 0.6 is 24.0 Å². The summed E-state index contributed by atoms with van der Waals surface area (Å²) in [6.07, 6.45) is 3.40. The molecule has 0 amide bonds. The van der Waals surface area contributed by atoms with E-state index in [0.29, 0.717) is 5.96 Å². The van der Waals surface area contributed by atoms with Gasteiger partial charge >= 0.3 is 0 Å². The van der Waals surface area contributed by atoms with Crippen molar-refractivity contribution in [1.29, 1.82) is 0 Å². The van der Waals surface area contributed by atoms with E-state index < -0.39 is 0 Å². The predicted octanol–water partition coefficient (Wildman–Crippen LogP) is 2.52. The van der Waals surface area contributed by atoms with Gasteiger partial charge in [-0.15, -0.1) is 24.0 Å². The standard InChI is InChI=1S/C19H33N5.HI/c1-2-10-21-19(20)22-11-6-7-12-23-13-15-24(16-14-23)17-18-8-4-3-5-9-18;/h3-5,8-9H,2,6-7,10-17H2,1H3,(H3,20,21,22);1H. The number of rotatable bonds is 9. The quantitative estimate of drug-likeness (QED) is 0.258. The van der Waals surface area contributed by atoms with Crippen molar-refractivity contribution in [2.75, 3.05) is 45.8 Å². The van der Waals surface area contributed by atoms with Crippen LogP contribution in [0.2, 0.25) is 0 Å². The Morgan fingerprint density at radius 3 is 2.44 bits per heavy atom. The molecule has 0 bridgehead atoms. The predicted molar refractivity (Wildman–Crippen MR) is 118 cm³/mol. The van der Waals surface area contributed by atoms with Gasteiger partial charge in [0.15, 0.2) is 5.96 Å². The van der Waals surface area contributed by atoms with Gasteiger partial charge in [-0.05, 0) is 31.4 Å². The van der Waals surface area contributed by atoms with Gasteiger partial charge < -0.3 is 16.0 Å². The Morgan fingerprint density at radius 1 is 1.08 bits per heavy atom. The third-order valence-corrected chi connectivity index (χ3v) is 4.43. The lowest BCUT2D eigenvalue weighted by molar-refractivity contribution is 0.126. The third kappa shape index (κ3) is 9.42. The van der Waals surface area contributed by atoms with Crippen molar-refractivity contribution in [2.45, 2.75) is 32.7 Å². The number of unbranched alkanes of at least 4 members (excludes halogenated alkanes) is 1. The summed E-state index contributed by atoms with van der Waals surface area (Å²) in [4.78, 5) is 9.37. The SMILES string of the molecule is CCCN=C(N)NCCCCN1CCN(Cc2ccccc2)CC1.I. The summed E-state index contributed by atoms with van der Waals surface area (Å²) < 4.78 is 0. The number of halogens is 1. The first-order valence-corrected chi connectivity index (χ1v) is 9.30. The molecule has 5 nitrogen and oxygen atoms in total. The number of nitrogens with one attached hydrogen (secondary N) is 1. The second-order valence-electron chi connectivity index (χ2n) is 6.50. The lowest BCUT2D eigenvalue weighted by Gasteiger charge is -2.34. The van der Waals surface area contributed by atoms with E-state index in [1.807, 2.05) is 0 Å². The minimum atomic E-state index is 0. The largest absolute Gasteiger partial charge is 0.370 e. The first kappa shape index (κ1) is 22.2. The minimum Gasteiger partial charge on any atom is -0.370 e. The van der Waals surface area contributed by atoms with E-state index in [0.717, 1.165) is 32.5 Å². The van der Waals surface area contributed by atoms with E-state index in [1.54, 1.807) is 0 Å². The Balaban J connectivity index is 0.00000312. The highest BCUT2D eigenvalue weighted by Gasteiger charge is 2.16. The van der Waals surface area contributed by atoms with E-state index in [2.05, 4.69) is 57.4 Å². The average Bonchev–Trinajstić information content (AvgIpc) is 2.62. The van der Waals surface area contributed by atoms with Crippen molar-refractivity contribution < 1.29 is 0 Å². The van der Waals surface area contributed by atoms with Gasteiger partial charge in [0.05, 0.1) is 0 Å². The second-order valence-corrected chi connectivity index (χ2v) is 6.50. The Hall–Kier alpha value is -0.860. The molecule has 25 heavy (non-hydrogen) atoms. The molecule has 1 fully saturated rings. The Morgan fingerprint density at radius 2 is 1.76 bits per heavy atom. The Labute approximate surface area is 170 Å². The molecule has 2 rings (SSSR count). The van der Waals surface area contributed by atoms with Gasteiger partial charge in [-0.1, -0.05) is 37.3 Å². The lowest BCUT2D eigenvalue weighted by atomic mass is 10.2. The summed E-state index contributed by atoms with van der Waals surface area (Å²) in [6, 6.07) is 10.8. The minimum absolute atomic E-state index is 0. The van der Waals surface area contributed by atoms with Crippen molar-refractivity contribution in [3.63, 3.8) is 0 Å². The number of piperazine rings is 1. The van der Waals surface area contributed by atoms with Crippen LogP contribution in [-0.2, 0) is 6.54 Å². The first-order valence-electron chi connectivity index (χ1n) is 9.30. The lowest BCUT2D eigenvalue weighted by Crippen LogP contribution is -2.46. The highest BCUT2D eigenvalue weighted by Crippen LogP contribution is 2.08. The summed E-state index contributed by atoms with van der Waals surface area (Å²) in [5.41, 5.74) is 7.20. The number of nitrogens with zero attached hydrogens (tertiary/aromatic N) is 3. The van der Waals surface area contributed by atoms with Crippen molar-refractivity contribution in [3.8, 4) is 0 Å². The summed E-state index contributed by atoms with van der Waals surface area (Å²) in [5, 5.41) is 3.19. The average molecular weight is 459 g/mol. The van der Waals surface area contributed by atoms with Gasteiger partial charge in [0, 0.05) is 45.8 Å². The fraction of sp³-hybridized carbons (Fsp3) is 0.632. The third-order valence-electron chi connectivity index (χ3n) is 4.43. The van der Waals surface area contributed by atoms with Crippen molar-refractivity contribution in [1.82, 2.24) is 15.1 Å². The van der Waals surface area contributed by atoms with Crippen LogP contribution in [0.25, 0.3) is 0 Å². The van der Waals surface area contributed by atoms with Crippen LogP contribution in [0.4, 0.5) is 0 Å². The zero-order valence-electron chi connectivity index (χ0n) is 15.5. The number of nitrogens with two attached hydrogens (primary N) is 1. The highest BCUT2D eigenvalue weighted by atomic mass is 127. The summed E-state index contributed by atoms with van der Waals surface area (Å²) >= 11 is 0. The van der Waals surface area contributed by atoms with Crippen LogP contribution in [0, 0.1) is 0 Å². The maximum atomic E-state index is 5.79. The molecule has 6 heteroatoms. The summed E-state index contributed by atoms with van der Waals surface area (Å²) in [7, 11) is 0. The van der Waals surface area contributed by atoms with Gasteiger partial charge in [0.1, 0.15) is 0 Å². The molecule has 0 aromatic heterocycles. The fourth-order valence-corrected chi connectivity index (χ4v) is 2.98. The molecule has 142 valence electrons. The molecule has 3 N–H and O–H groups in total. The second kappa shape index (κ2) is 13.4. The van der Waals surface area contributed by atoms with Gasteiger partial charge in [0.25, 0.3) is 0 Å². The topological polar surface area (TPSA) is 56.9 Å². The van der Waals surface area contributed by atoms with Gasteiger partial charge in [-0.2, -0.15) is 0 Å². The van der Waals surface area contributed by atoms with Crippen LogP contribution in [0.5, 0.6) is 0 Å². The number of benzene rings is 1. The van der Waals surface area contributed by atoms with E-state index in [9.17, 15) is 0 Å². The molecule has 1 saturated heterocycles. The molecule has 1 heterocycles. The molecule has 0 spiro atoms. The Kier molecular flexibility index (Phi) is 11.9. The zero-order chi connectivity index (χ0) is 17.0. The summed E-state index contributed by atoms with van der Waals surface area (Å²) in [6.45, 7) is 10.8. The maximum absolute atomic E-state index is 5.79. The van der Waals surface area contributed by atoms with Gasteiger partial charge in [-0.3, -0.25) is 9.89 Å². The highest BCUT2D eigenvalue weighted by molar-refractivity contribution is 14.0. The normalized spacial score (nSPS) is 16.4. The maximum Gasteiger partial charge on any atom is 0.188 e. The van der Waals surface area contributed by atoms with Gasteiger partial charge in [-0.25, -0.2) is 0 Å². The number of hydrogen-bond acceptors (Lipinski definition) is 3. The monoisotopic (exact) mass is 459 g/mol. The fourth-order valence-electron chi connectivity index (χ4n) is 2.98. The molecule has 1 aliphatic heterocycles. The van der Waals surface area contributed by atoms with Crippen LogP contribution in [0.3, 0.4) is 0 Å². The molecule has 1 aliphatic rings. The smallest absolute Gasteiger partial charge is 0.188 e. The number of hydrogen-bond donors (Lipinski definition) is 2. The molecule has 0 unspecified atom stereocenters. The summed E-state index contributed by atoms with van der Waals surface area (Å²) in [5.74, 6) is 0.589. The van der Waals surface area contributed by atoms with Crippen molar-refractivity contribution in [3.05, 3.63) is 35.9 Å². The van der Waals surface area contributed by atoms with Gasteiger partial charge in [0.2, 0.25) is 0 Å². The molecule has 1 aromatic carbocycles. The molecule has 0 radical (unpaired) electrons. The molecule has 0 atom stereocenters. The van der Waals surface area contributed by atoms with Crippen LogP contribution in [-0.4, -0.2) is 61.6 Å². The molecular formula is C19H34IN5. The molecule has 0 saturated carbocycles.